The van der Waals surface area contributed by atoms with Crippen molar-refractivity contribution in [3.63, 3.8) is 0 Å². The molecule has 3 aliphatic rings. The van der Waals surface area contributed by atoms with Crippen molar-refractivity contribution in [3.8, 4) is 11.1 Å². The second-order valence-electron chi connectivity index (χ2n) is 4.28. The van der Waals surface area contributed by atoms with Crippen LogP contribution >= 0.6 is 15.9 Å². The van der Waals surface area contributed by atoms with Crippen molar-refractivity contribution < 1.29 is 8.42 Å². The van der Waals surface area contributed by atoms with Gasteiger partial charge in [0.05, 0.1) is 9.88 Å². The van der Waals surface area contributed by atoms with Crippen molar-refractivity contribution in [1.29, 1.82) is 0 Å². The van der Waals surface area contributed by atoms with Crippen LogP contribution in [-0.2, 0) is 16.9 Å². The summed E-state index contributed by atoms with van der Waals surface area (Å²) in [5.41, 5.74) is 0.836. The molecule has 0 atom stereocenters. The number of halogens is 1. The molecule has 0 spiro atoms. The molecule has 19 heavy (non-hydrogen) atoms. The summed E-state index contributed by atoms with van der Waals surface area (Å²) in [6.07, 6.45) is 4.72. The predicted molar refractivity (Wildman–Crippen MR) is 76.0 cm³/mol. The van der Waals surface area contributed by atoms with Crippen molar-refractivity contribution in [1.82, 2.24) is 4.57 Å². The monoisotopic (exact) mass is 340 g/mol. The first-order valence-electron chi connectivity index (χ1n) is 5.41. The van der Waals surface area contributed by atoms with E-state index in [2.05, 4.69) is 21.2 Å². The number of hydrogen-bond donors (Lipinski definition) is 1. The number of nitrogens with zero attached hydrogens (tertiary/aromatic N) is 1. The zero-order valence-corrected chi connectivity index (χ0v) is 12.2. The number of sulfone groups is 1. The molecule has 2 aliphatic heterocycles. The molecule has 7 heteroatoms. The van der Waals surface area contributed by atoms with Gasteiger partial charge in [0.1, 0.15) is 10.6 Å². The smallest absolute Gasteiger partial charge is 0.218 e. The van der Waals surface area contributed by atoms with Crippen molar-refractivity contribution in [3.05, 3.63) is 44.8 Å². The zero-order chi connectivity index (χ0) is 13.8. The number of fused-ring (bicyclic) bond motifs is 3. The van der Waals surface area contributed by atoms with Gasteiger partial charge in [-0.15, -0.1) is 0 Å². The Morgan fingerprint density at radius 2 is 2.05 bits per heavy atom. The van der Waals surface area contributed by atoms with E-state index in [9.17, 15) is 13.2 Å². The van der Waals surface area contributed by atoms with Crippen molar-refractivity contribution in [2.24, 2.45) is 7.05 Å². The summed E-state index contributed by atoms with van der Waals surface area (Å²) in [6, 6.07) is 1.72. The lowest BCUT2D eigenvalue weighted by atomic mass is 10.0. The number of benzene rings is 1. The molecule has 1 aliphatic carbocycles. The molecular weight excluding hydrogens is 332 g/mol. The van der Waals surface area contributed by atoms with Crippen LogP contribution < -0.4 is 10.7 Å². The molecule has 0 radical (unpaired) electrons. The van der Waals surface area contributed by atoms with E-state index in [0.29, 0.717) is 15.6 Å². The summed E-state index contributed by atoms with van der Waals surface area (Å²) in [6.45, 7) is 0. The third kappa shape index (κ3) is 1.73. The van der Waals surface area contributed by atoms with Crippen LogP contribution in [0.4, 0.5) is 5.69 Å². The average molecular weight is 341 g/mol. The highest BCUT2D eigenvalue weighted by atomic mass is 79.9. The minimum atomic E-state index is -3.60. The lowest BCUT2D eigenvalue weighted by Crippen LogP contribution is -2.20. The van der Waals surface area contributed by atoms with Crippen LogP contribution in [0.3, 0.4) is 0 Å². The Kier molecular flexibility index (Phi) is 2.58. The number of nitrogens with one attached hydrogen (secondary N) is 1. The van der Waals surface area contributed by atoms with Crippen LogP contribution in [0.15, 0.2) is 44.2 Å². The third-order valence-corrected chi connectivity index (χ3v) is 5.27. The highest BCUT2D eigenvalue weighted by Crippen LogP contribution is 2.39. The van der Waals surface area contributed by atoms with Crippen molar-refractivity contribution >= 4 is 31.5 Å². The molecule has 2 heterocycles. The molecule has 0 amide bonds. The van der Waals surface area contributed by atoms with E-state index in [4.69, 9.17) is 0 Å². The van der Waals surface area contributed by atoms with E-state index in [-0.39, 0.29) is 16.0 Å². The van der Waals surface area contributed by atoms with Gasteiger partial charge in [0.15, 0.2) is 0 Å². The first-order valence-corrected chi connectivity index (χ1v) is 7.75. The second-order valence-corrected chi connectivity index (χ2v) is 6.84. The number of aromatic nitrogens is 1. The Hall–Kier alpha value is -1.60. The lowest BCUT2D eigenvalue weighted by Gasteiger charge is -2.20. The van der Waals surface area contributed by atoms with Gasteiger partial charge in [-0.2, -0.15) is 0 Å². The zero-order valence-electron chi connectivity index (χ0n) is 9.84. The molecule has 0 saturated carbocycles. The van der Waals surface area contributed by atoms with E-state index >= 15 is 0 Å². The van der Waals surface area contributed by atoms with Crippen LogP contribution in [-0.4, -0.2) is 13.0 Å². The molecule has 0 saturated heterocycles. The Morgan fingerprint density at radius 3 is 2.79 bits per heavy atom. The Labute approximate surface area is 118 Å². The minimum absolute atomic E-state index is 0.0365. The summed E-state index contributed by atoms with van der Waals surface area (Å²) in [7, 11) is -1.81. The first-order chi connectivity index (χ1) is 8.92. The van der Waals surface area contributed by atoms with Crippen LogP contribution in [0.2, 0.25) is 0 Å². The summed E-state index contributed by atoms with van der Waals surface area (Å²) < 4.78 is 26.4. The molecule has 98 valence electrons. The van der Waals surface area contributed by atoms with Gasteiger partial charge in [-0.25, -0.2) is 8.42 Å². The summed E-state index contributed by atoms with van der Waals surface area (Å²) in [5.74, 6) is 0. The molecule has 1 N–H and O–H groups in total. The quantitative estimate of drug-likeness (QED) is 0.795. The van der Waals surface area contributed by atoms with E-state index < -0.39 is 9.84 Å². The van der Waals surface area contributed by atoms with Crippen LogP contribution in [0, 0.1) is 0 Å². The maximum Gasteiger partial charge on any atom is 0.218 e. The van der Waals surface area contributed by atoms with Gasteiger partial charge in [-0.3, -0.25) is 4.79 Å². The molecule has 0 bridgehead atoms. The molecule has 0 aromatic rings. The average Bonchev–Trinajstić information content (AvgIpc) is 2.34. The Morgan fingerprint density at radius 1 is 1.32 bits per heavy atom. The lowest BCUT2D eigenvalue weighted by molar-refractivity contribution is 0.604. The van der Waals surface area contributed by atoms with E-state index in [1.54, 1.807) is 30.1 Å². The van der Waals surface area contributed by atoms with Gasteiger partial charge in [0.2, 0.25) is 15.3 Å². The highest BCUT2D eigenvalue weighted by Gasteiger charge is 2.30. The van der Waals surface area contributed by atoms with E-state index in [1.165, 1.54) is 6.20 Å². The fourth-order valence-corrected chi connectivity index (χ4v) is 3.97. The molecule has 3 rings (SSSR count). The molecule has 0 aromatic heterocycles. The normalized spacial score (nSPS) is 16.1. The fraction of sp³-hybridized carbons (Fsp3) is 0.0833. The number of anilines is 1. The molecular formula is C12H9BrN2O3S. The summed E-state index contributed by atoms with van der Waals surface area (Å²) in [5, 5.41) is 3.79. The van der Waals surface area contributed by atoms with Crippen molar-refractivity contribution in [2.45, 2.75) is 4.90 Å². The molecule has 0 unspecified atom stereocenters. The van der Waals surface area contributed by atoms with Crippen LogP contribution in [0.25, 0.3) is 11.1 Å². The summed E-state index contributed by atoms with van der Waals surface area (Å²) >= 11 is 3.24. The fourth-order valence-electron chi connectivity index (χ4n) is 2.14. The van der Waals surface area contributed by atoms with E-state index in [1.807, 2.05) is 0 Å². The topological polar surface area (TPSA) is 68.2 Å². The number of rotatable bonds is 0. The molecule has 0 fully saturated rings. The van der Waals surface area contributed by atoms with Gasteiger partial charge in [-0.1, -0.05) is 0 Å². The molecule has 0 aromatic carbocycles. The van der Waals surface area contributed by atoms with Gasteiger partial charge in [0, 0.05) is 36.8 Å². The standard InChI is InChI=1S/C12H9BrN2O3S/c1-15-4-2-7-8(6-15)12-10(11(16)9(7)13)14-3-5-19(12,17)18/h2-6,14H,1H3. The largest absolute Gasteiger partial charge is 0.357 e. The molecule has 5 nitrogen and oxygen atoms in total. The minimum Gasteiger partial charge on any atom is -0.357 e. The van der Waals surface area contributed by atoms with E-state index in [0.717, 1.165) is 5.41 Å². The SMILES string of the molecule is Cn1ccc2c(Br)c(=O)c3c(c-2c1)S(=O)(=O)C=CN3. The Bertz CT molecular complexity index is 852. The first kappa shape index (κ1) is 12.4. The maximum absolute atomic E-state index is 12.2. The predicted octanol–water partition coefficient (Wildman–Crippen LogP) is 1.92. The third-order valence-electron chi connectivity index (χ3n) is 2.99. The number of hydrogen-bond acceptors (Lipinski definition) is 4. The Balaban J connectivity index is 2.61. The van der Waals surface area contributed by atoms with Gasteiger partial charge >= 0.3 is 0 Å². The second kappa shape index (κ2) is 3.94. The van der Waals surface area contributed by atoms with Gasteiger partial charge in [0.25, 0.3) is 0 Å². The number of pyridine rings is 1. The van der Waals surface area contributed by atoms with Crippen LogP contribution in [0.1, 0.15) is 0 Å². The summed E-state index contributed by atoms with van der Waals surface area (Å²) in [4.78, 5) is 12.2. The highest BCUT2D eigenvalue weighted by molar-refractivity contribution is 9.10. The maximum atomic E-state index is 12.2. The van der Waals surface area contributed by atoms with Crippen molar-refractivity contribution in [2.75, 3.05) is 5.32 Å². The van der Waals surface area contributed by atoms with Gasteiger partial charge in [-0.05, 0) is 22.0 Å². The van der Waals surface area contributed by atoms with Crippen LogP contribution in [0.5, 0.6) is 0 Å². The van der Waals surface area contributed by atoms with Gasteiger partial charge < -0.3 is 9.88 Å². The number of aryl methyl sites for hydroxylation is 1.